The Morgan fingerprint density at radius 3 is 2.36 bits per heavy atom. The van der Waals surface area contributed by atoms with E-state index in [1.165, 1.54) is 0 Å². The summed E-state index contributed by atoms with van der Waals surface area (Å²) in [5.41, 5.74) is 4.79. The number of likely N-dealkylation sites (tertiary alicyclic amines) is 1. The standard InChI is InChI=1S/C15H30N4O3/c1-5-11(10-17-14(21)22-15(2,3)4)18-12-6-8-19(9-7-12)13(16)20/h11-12,18H,5-10H2,1-4H3,(H2,16,20)(H,17,21). The van der Waals surface area contributed by atoms with Crippen molar-refractivity contribution < 1.29 is 14.3 Å². The Labute approximate surface area is 132 Å². The lowest BCUT2D eigenvalue weighted by Crippen LogP contribution is -2.51. The van der Waals surface area contributed by atoms with Crippen LogP contribution >= 0.6 is 0 Å². The van der Waals surface area contributed by atoms with E-state index >= 15 is 0 Å². The van der Waals surface area contributed by atoms with Crippen molar-refractivity contribution in [3.63, 3.8) is 0 Å². The molecule has 1 saturated heterocycles. The largest absolute Gasteiger partial charge is 0.444 e. The number of piperidine rings is 1. The average molecular weight is 314 g/mol. The molecule has 1 unspecified atom stereocenters. The number of amides is 3. The van der Waals surface area contributed by atoms with Crippen LogP contribution in [0.1, 0.15) is 47.0 Å². The molecule has 1 aliphatic heterocycles. The summed E-state index contributed by atoms with van der Waals surface area (Å²) < 4.78 is 5.23. The second-order valence-corrected chi connectivity index (χ2v) is 6.75. The Morgan fingerprint density at radius 1 is 1.32 bits per heavy atom. The van der Waals surface area contributed by atoms with Gasteiger partial charge in [-0.15, -0.1) is 0 Å². The van der Waals surface area contributed by atoms with Crippen LogP contribution in [-0.4, -0.2) is 54.3 Å². The van der Waals surface area contributed by atoms with Gasteiger partial charge in [-0.25, -0.2) is 9.59 Å². The van der Waals surface area contributed by atoms with Crippen LogP contribution in [0.4, 0.5) is 9.59 Å². The Balaban J connectivity index is 2.31. The molecule has 1 rings (SSSR count). The molecule has 128 valence electrons. The van der Waals surface area contributed by atoms with Gasteiger partial charge in [-0.05, 0) is 40.0 Å². The third-order valence-corrected chi connectivity index (χ3v) is 3.66. The fraction of sp³-hybridized carbons (Fsp3) is 0.867. The number of nitrogens with zero attached hydrogens (tertiary/aromatic N) is 1. The molecule has 3 amide bonds. The molecule has 22 heavy (non-hydrogen) atoms. The number of primary amides is 1. The first-order chi connectivity index (χ1) is 10.2. The molecule has 7 heteroatoms. The van der Waals surface area contributed by atoms with E-state index in [-0.39, 0.29) is 12.1 Å². The number of carbonyl (C=O) groups excluding carboxylic acids is 2. The number of ether oxygens (including phenoxy) is 1. The lowest BCUT2D eigenvalue weighted by atomic mass is 10.0. The molecule has 0 spiro atoms. The van der Waals surface area contributed by atoms with Gasteiger partial charge in [0.25, 0.3) is 0 Å². The molecule has 0 aromatic rings. The Hall–Kier alpha value is -1.50. The van der Waals surface area contributed by atoms with E-state index < -0.39 is 11.7 Å². The van der Waals surface area contributed by atoms with Crippen LogP contribution in [0, 0.1) is 0 Å². The minimum atomic E-state index is -0.485. The minimum absolute atomic E-state index is 0.192. The second-order valence-electron chi connectivity index (χ2n) is 6.75. The number of hydrogen-bond acceptors (Lipinski definition) is 4. The molecule has 0 aliphatic carbocycles. The van der Waals surface area contributed by atoms with E-state index in [0.717, 1.165) is 19.3 Å². The van der Waals surface area contributed by atoms with Gasteiger partial charge in [0.15, 0.2) is 0 Å². The lowest BCUT2D eigenvalue weighted by Gasteiger charge is -2.33. The number of urea groups is 1. The molecule has 0 bridgehead atoms. The number of hydrogen-bond donors (Lipinski definition) is 3. The summed E-state index contributed by atoms with van der Waals surface area (Å²) in [6.45, 7) is 9.50. The highest BCUT2D eigenvalue weighted by atomic mass is 16.6. The van der Waals surface area contributed by atoms with Crippen molar-refractivity contribution in [2.45, 2.75) is 64.6 Å². The third kappa shape index (κ3) is 6.98. The van der Waals surface area contributed by atoms with Gasteiger partial charge in [0.1, 0.15) is 5.60 Å². The maximum atomic E-state index is 11.7. The Morgan fingerprint density at radius 2 is 1.91 bits per heavy atom. The van der Waals surface area contributed by atoms with Gasteiger partial charge in [-0.2, -0.15) is 0 Å². The maximum absolute atomic E-state index is 11.7. The number of carbonyl (C=O) groups is 2. The van der Waals surface area contributed by atoms with E-state index in [4.69, 9.17) is 10.5 Å². The highest BCUT2D eigenvalue weighted by Crippen LogP contribution is 2.11. The van der Waals surface area contributed by atoms with Crippen molar-refractivity contribution in [2.75, 3.05) is 19.6 Å². The summed E-state index contributed by atoms with van der Waals surface area (Å²) in [4.78, 5) is 24.4. The molecular formula is C15H30N4O3. The van der Waals surface area contributed by atoms with E-state index in [1.807, 2.05) is 20.8 Å². The van der Waals surface area contributed by atoms with Crippen LogP contribution in [-0.2, 0) is 4.74 Å². The van der Waals surface area contributed by atoms with Gasteiger partial charge in [-0.3, -0.25) is 0 Å². The predicted molar refractivity (Wildman–Crippen MR) is 85.6 cm³/mol. The molecular weight excluding hydrogens is 284 g/mol. The smallest absolute Gasteiger partial charge is 0.407 e. The highest BCUT2D eigenvalue weighted by Gasteiger charge is 2.23. The summed E-state index contributed by atoms with van der Waals surface area (Å²) in [6.07, 6.45) is 2.28. The Kier molecular flexibility index (Phi) is 6.93. The van der Waals surface area contributed by atoms with Crippen LogP contribution in [0.2, 0.25) is 0 Å². The monoisotopic (exact) mass is 314 g/mol. The Bertz CT molecular complexity index is 373. The summed E-state index contributed by atoms with van der Waals surface area (Å²) >= 11 is 0. The van der Waals surface area contributed by atoms with Gasteiger partial charge in [0, 0.05) is 31.7 Å². The van der Waals surface area contributed by atoms with Crippen molar-refractivity contribution in [3.8, 4) is 0 Å². The van der Waals surface area contributed by atoms with Crippen LogP contribution in [0.15, 0.2) is 0 Å². The van der Waals surface area contributed by atoms with Crippen molar-refractivity contribution in [1.82, 2.24) is 15.5 Å². The summed E-state index contributed by atoms with van der Waals surface area (Å²) in [5, 5.41) is 6.33. The number of nitrogens with one attached hydrogen (secondary N) is 2. The number of alkyl carbamates (subject to hydrolysis) is 1. The molecule has 1 aliphatic rings. The minimum Gasteiger partial charge on any atom is -0.444 e. The van der Waals surface area contributed by atoms with E-state index in [0.29, 0.717) is 25.7 Å². The molecule has 0 saturated carbocycles. The van der Waals surface area contributed by atoms with Gasteiger partial charge >= 0.3 is 12.1 Å². The first-order valence-electron chi connectivity index (χ1n) is 7.98. The third-order valence-electron chi connectivity index (χ3n) is 3.66. The second kappa shape index (κ2) is 8.22. The van der Waals surface area contributed by atoms with E-state index in [2.05, 4.69) is 17.6 Å². The van der Waals surface area contributed by atoms with Gasteiger partial charge in [-0.1, -0.05) is 6.92 Å². The molecule has 0 aromatic carbocycles. The fourth-order valence-corrected chi connectivity index (χ4v) is 2.44. The van der Waals surface area contributed by atoms with Crippen LogP contribution in [0.3, 0.4) is 0 Å². The SMILES string of the molecule is CCC(CNC(=O)OC(C)(C)C)NC1CCN(C(N)=O)CC1. The molecule has 0 radical (unpaired) electrons. The molecule has 1 heterocycles. The number of nitrogens with two attached hydrogens (primary N) is 1. The maximum Gasteiger partial charge on any atom is 0.407 e. The van der Waals surface area contributed by atoms with Crippen LogP contribution < -0.4 is 16.4 Å². The number of rotatable bonds is 5. The quantitative estimate of drug-likeness (QED) is 0.715. The van der Waals surface area contributed by atoms with Crippen LogP contribution in [0.5, 0.6) is 0 Å². The zero-order chi connectivity index (χ0) is 16.8. The summed E-state index contributed by atoms with van der Waals surface area (Å²) in [6, 6.07) is 0.190. The molecule has 1 atom stereocenters. The molecule has 4 N–H and O–H groups in total. The highest BCUT2D eigenvalue weighted by molar-refractivity contribution is 5.72. The first-order valence-corrected chi connectivity index (χ1v) is 7.98. The van der Waals surface area contributed by atoms with Gasteiger partial charge in [0.2, 0.25) is 0 Å². The van der Waals surface area contributed by atoms with Gasteiger partial charge in [0.05, 0.1) is 0 Å². The molecule has 7 nitrogen and oxygen atoms in total. The van der Waals surface area contributed by atoms with Crippen molar-refractivity contribution >= 4 is 12.1 Å². The topological polar surface area (TPSA) is 96.7 Å². The molecule has 1 fully saturated rings. The van der Waals surface area contributed by atoms with E-state index in [9.17, 15) is 9.59 Å². The van der Waals surface area contributed by atoms with Crippen molar-refractivity contribution in [2.24, 2.45) is 5.73 Å². The predicted octanol–water partition coefficient (Wildman–Crippen LogP) is 1.42. The van der Waals surface area contributed by atoms with Crippen LogP contribution in [0.25, 0.3) is 0 Å². The lowest BCUT2D eigenvalue weighted by molar-refractivity contribution is 0.0520. The van der Waals surface area contributed by atoms with Crippen molar-refractivity contribution in [3.05, 3.63) is 0 Å². The molecule has 0 aromatic heterocycles. The fourth-order valence-electron chi connectivity index (χ4n) is 2.44. The van der Waals surface area contributed by atoms with Gasteiger partial charge < -0.3 is 26.0 Å². The normalized spacial score (nSPS) is 17.9. The van der Waals surface area contributed by atoms with E-state index in [1.54, 1.807) is 4.90 Å². The van der Waals surface area contributed by atoms with Crippen molar-refractivity contribution in [1.29, 1.82) is 0 Å². The summed E-state index contributed by atoms with van der Waals surface area (Å²) in [7, 11) is 0. The average Bonchev–Trinajstić information content (AvgIpc) is 2.42. The zero-order valence-corrected chi connectivity index (χ0v) is 14.1. The first kappa shape index (κ1) is 18.5. The zero-order valence-electron chi connectivity index (χ0n) is 14.1. The summed E-state index contributed by atoms with van der Waals surface area (Å²) in [5.74, 6) is 0.